The number of nitrogens with zero attached hydrogens (tertiary/aromatic N) is 3. The second-order valence-corrected chi connectivity index (χ2v) is 7.38. The summed E-state index contributed by atoms with van der Waals surface area (Å²) in [5.74, 6) is -0.592. The molecule has 0 radical (unpaired) electrons. The number of hydrogen-bond donors (Lipinski definition) is 1. The van der Waals surface area contributed by atoms with E-state index in [4.69, 9.17) is 0 Å². The molecule has 0 aliphatic carbocycles. The lowest BCUT2D eigenvalue weighted by Crippen LogP contribution is -2.19. The fourth-order valence-electron chi connectivity index (χ4n) is 3.21. The number of aromatic nitrogens is 2. The Morgan fingerprint density at radius 2 is 1.85 bits per heavy atom. The molecule has 4 rings (SSSR count). The number of rotatable bonds is 4. The number of halogens is 2. The number of carbonyl (C=O) groups excluding carboxylic acids is 1. The fourth-order valence-corrected chi connectivity index (χ4v) is 3.50. The third-order valence-electron chi connectivity index (χ3n) is 4.60. The highest BCUT2D eigenvalue weighted by atomic mass is 79.9. The molecule has 1 aromatic heterocycles. The molecule has 5 nitrogen and oxygen atoms in total. The molecule has 0 bridgehead atoms. The molecule has 3 aromatic rings. The van der Waals surface area contributed by atoms with Crippen molar-refractivity contribution in [2.24, 2.45) is 0 Å². The summed E-state index contributed by atoms with van der Waals surface area (Å²) in [4.78, 5) is 14.5. The molecule has 1 N–H and O–H groups in total. The number of benzene rings is 2. The van der Waals surface area contributed by atoms with Gasteiger partial charge in [-0.1, -0.05) is 0 Å². The topological polar surface area (TPSA) is 50.2 Å². The molecular weight excluding hydrogens is 411 g/mol. The van der Waals surface area contributed by atoms with Gasteiger partial charge >= 0.3 is 0 Å². The maximum absolute atomic E-state index is 14.4. The largest absolute Gasteiger partial charge is 0.369 e. The van der Waals surface area contributed by atoms with Crippen molar-refractivity contribution in [1.29, 1.82) is 0 Å². The predicted molar refractivity (Wildman–Crippen MR) is 107 cm³/mol. The van der Waals surface area contributed by atoms with Gasteiger partial charge in [-0.25, -0.2) is 9.07 Å². The van der Waals surface area contributed by atoms with Crippen LogP contribution in [0.25, 0.3) is 5.69 Å². The molecule has 1 amide bonds. The zero-order chi connectivity index (χ0) is 18.8. The van der Waals surface area contributed by atoms with Crippen LogP contribution in [0.4, 0.5) is 15.8 Å². The molecule has 0 unspecified atom stereocenters. The zero-order valence-corrected chi connectivity index (χ0v) is 16.1. The van der Waals surface area contributed by atoms with E-state index >= 15 is 0 Å². The smallest absolute Gasteiger partial charge is 0.255 e. The quantitative estimate of drug-likeness (QED) is 0.658. The molecule has 138 valence electrons. The molecule has 0 spiro atoms. The van der Waals surface area contributed by atoms with E-state index in [0.29, 0.717) is 16.9 Å². The molecule has 2 heterocycles. The Morgan fingerprint density at radius 1 is 1.11 bits per heavy atom. The van der Waals surface area contributed by atoms with Gasteiger partial charge in [-0.15, -0.1) is 0 Å². The van der Waals surface area contributed by atoms with Crippen LogP contribution in [-0.2, 0) is 0 Å². The molecule has 2 aromatic carbocycles. The standard InChI is InChI=1S/C20H18BrFN4O/c21-15-12-23-26(13-15)17-6-3-14(4-7-17)20(27)24-16-5-8-19(18(22)11-16)25-9-1-2-10-25/h3-8,11-13H,1-2,9-10H2,(H,24,27). The van der Waals surface area contributed by atoms with Crippen LogP contribution in [0.5, 0.6) is 0 Å². The summed E-state index contributed by atoms with van der Waals surface area (Å²) < 4.78 is 17.0. The van der Waals surface area contributed by atoms with Crippen molar-refractivity contribution < 1.29 is 9.18 Å². The Bertz CT molecular complexity index is 964. The molecule has 1 aliphatic heterocycles. The van der Waals surface area contributed by atoms with Gasteiger partial charge in [-0.05, 0) is 71.2 Å². The summed E-state index contributed by atoms with van der Waals surface area (Å²) in [6, 6.07) is 11.9. The Morgan fingerprint density at radius 3 is 2.48 bits per heavy atom. The number of carbonyl (C=O) groups is 1. The lowest BCUT2D eigenvalue weighted by atomic mass is 10.2. The molecule has 1 aliphatic rings. The molecule has 0 atom stereocenters. The van der Waals surface area contributed by atoms with E-state index in [2.05, 4.69) is 26.3 Å². The predicted octanol–water partition coefficient (Wildman–Crippen LogP) is 4.63. The summed E-state index contributed by atoms with van der Waals surface area (Å²) >= 11 is 3.36. The average Bonchev–Trinajstić information content (AvgIpc) is 3.34. The van der Waals surface area contributed by atoms with Crippen LogP contribution in [0.3, 0.4) is 0 Å². The van der Waals surface area contributed by atoms with Crippen LogP contribution >= 0.6 is 15.9 Å². The van der Waals surface area contributed by atoms with Gasteiger partial charge in [-0.2, -0.15) is 5.10 Å². The lowest BCUT2D eigenvalue weighted by molar-refractivity contribution is 0.102. The van der Waals surface area contributed by atoms with Crippen LogP contribution in [-0.4, -0.2) is 28.8 Å². The van der Waals surface area contributed by atoms with E-state index < -0.39 is 0 Å². The van der Waals surface area contributed by atoms with Crippen molar-refractivity contribution in [3.63, 3.8) is 0 Å². The van der Waals surface area contributed by atoms with Crippen molar-refractivity contribution in [2.45, 2.75) is 12.8 Å². The Kier molecular flexibility index (Phi) is 4.94. The number of nitrogens with one attached hydrogen (secondary N) is 1. The van der Waals surface area contributed by atoms with Gasteiger partial charge in [0.25, 0.3) is 5.91 Å². The zero-order valence-electron chi connectivity index (χ0n) is 14.5. The summed E-state index contributed by atoms with van der Waals surface area (Å²) in [5, 5.41) is 6.96. The molecule has 1 saturated heterocycles. The third kappa shape index (κ3) is 3.88. The summed E-state index contributed by atoms with van der Waals surface area (Å²) in [7, 11) is 0. The first-order valence-electron chi connectivity index (χ1n) is 8.76. The number of amides is 1. The van der Waals surface area contributed by atoms with Crippen molar-refractivity contribution in [2.75, 3.05) is 23.3 Å². The van der Waals surface area contributed by atoms with Crippen LogP contribution in [0, 0.1) is 5.82 Å². The molecule has 7 heteroatoms. The summed E-state index contributed by atoms with van der Waals surface area (Å²) in [5.41, 5.74) is 2.38. The van der Waals surface area contributed by atoms with Crippen LogP contribution in [0.15, 0.2) is 59.3 Å². The highest BCUT2D eigenvalue weighted by molar-refractivity contribution is 9.10. The minimum absolute atomic E-state index is 0.281. The molecular formula is C20H18BrFN4O. The Balaban J connectivity index is 1.46. The summed E-state index contributed by atoms with van der Waals surface area (Å²) in [6.07, 6.45) is 5.70. The molecule has 27 heavy (non-hydrogen) atoms. The lowest BCUT2D eigenvalue weighted by Gasteiger charge is -2.18. The Hall–Kier alpha value is -2.67. The van der Waals surface area contributed by atoms with Crippen LogP contribution < -0.4 is 10.2 Å². The minimum atomic E-state index is -0.311. The van der Waals surface area contributed by atoms with Crippen LogP contribution in [0.1, 0.15) is 23.2 Å². The van der Waals surface area contributed by atoms with Gasteiger partial charge in [-0.3, -0.25) is 4.79 Å². The normalized spacial score (nSPS) is 13.8. The van der Waals surface area contributed by atoms with Gasteiger partial charge in [0.15, 0.2) is 0 Å². The third-order valence-corrected chi connectivity index (χ3v) is 5.01. The Labute approximate surface area is 164 Å². The van der Waals surface area contributed by atoms with E-state index in [0.717, 1.165) is 36.1 Å². The van der Waals surface area contributed by atoms with Gasteiger partial charge in [0.2, 0.25) is 0 Å². The van der Waals surface area contributed by atoms with Gasteiger partial charge in [0, 0.05) is 30.5 Å². The molecule has 0 saturated carbocycles. The fraction of sp³-hybridized carbons (Fsp3) is 0.200. The van der Waals surface area contributed by atoms with Gasteiger partial charge in [0.1, 0.15) is 5.82 Å². The summed E-state index contributed by atoms with van der Waals surface area (Å²) in [6.45, 7) is 1.75. The van der Waals surface area contributed by atoms with Crippen LogP contribution in [0.2, 0.25) is 0 Å². The first kappa shape index (κ1) is 17.7. The maximum Gasteiger partial charge on any atom is 0.255 e. The number of hydrogen-bond acceptors (Lipinski definition) is 3. The van der Waals surface area contributed by atoms with E-state index in [1.54, 1.807) is 35.1 Å². The highest BCUT2D eigenvalue weighted by Crippen LogP contribution is 2.26. The van der Waals surface area contributed by atoms with E-state index in [9.17, 15) is 9.18 Å². The highest BCUT2D eigenvalue weighted by Gasteiger charge is 2.16. The minimum Gasteiger partial charge on any atom is -0.369 e. The second-order valence-electron chi connectivity index (χ2n) is 6.46. The van der Waals surface area contributed by atoms with Crippen molar-refractivity contribution in [3.8, 4) is 5.69 Å². The van der Waals surface area contributed by atoms with Gasteiger partial charge in [0.05, 0.1) is 22.0 Å². The van der Waals surface area contributed by atoms with E-state index in [-0.39, 0.29) is 11.7 Å². The monoisotopic (exact) mass is 428 g/mol. The average molecular weight is 429 g/mol. The SMILES string of the molecule is O=C(Nc1ccc(N2CCCC2)c(F)c1)c1ccc(-n2cc(Br)cn2)cc1. The van der Waals surface area contributed by atoms with Crippen molar-refractivity contribution in [3.05, 3.63) is 70.7 Å². The maximum atomic E-state index is 14.4. The van der Waals surface area contributed by atoms with E-state index in [1.807, 2.05) is 23.2 Å². The van der Waals surface area contributed by atoms with Gasteiger partial charge < -0.3 is 10.2 Å². The second kappa shape index (κ2) is 7.52. The van der Waals surface area contributed by atoms with Crippen molar-refractivity contribution in [1.82, 2.24) is 9.78 Å². The first-order chi connectivity index (χ1) is 13.1. The number of anilines is 2. The van der Waals surface area contributed by atoms with Crippen molar-refractivity contribution >= 4 is 33.2 Å². The molecule has 1 fully saturated rings. The van der Waals surface area contributed by atoms with E-state index in [1.165, 1.54) is 6.07 Å². The first-order valence-corrected chi connectivity index (χ1v) is 9.56.